The Bertz CT molecular complexity index is 987. The van der Waals surface area contributed by atoms with Crippen molar-refractivity contribution < 1.29 is 14.3 Å². The van der Waals surface area contributed by atoms with Gasteiger partial charge in [-0.3, -0.25) is 4.79 Å². The van der Waals surface area contributed by atoms with Gasteiger partial charge < -0.3 is 9.64 Å². The minimum atomic E-state index is -0.405. The van der Waals surface area contributed by atoms with Gasteiger partial charge in [-0.05, 0) is 38.0 Å². The molecule has 1 amide bonds. The number of nitrogens with zero attached hydrogens (tertiary/aromatic N) is 2. The highest BCUT2D eigenvalue weighted by Gasteiger charge is 2.37. The molecule has 0 spiro atoms. The maximum Gasteiger partial charge on any atom is 0.336 e. The zero-order chi connectivity index (χ0) is 21.0. The standard InChI is InChI=1S/C24H24N2O3/c1-16(2)29-24(28)23-17(3)26(15-20-12-8-7-11-19(20)14-25)22(27)13-21(23)18-9-5-4-6-10-18/h4-12,16,21H,13,15H2,1-3H3. The molecule has 0 radical (unpaired) electrons. The number of amides is 1. The first-order valence-corrected chi connectivity index (χ1v) is 9.67. The van der Waals surface area contributed by atoms with Crippen molar-refractivity contribution in [2.45, 2.75) is 45.8 Å². The van der Waals surface area contributed by atoms with Crippen LogP contribution < -0.4 is 0 Å². The molecule has 1 heterocycles. The van der Waals surface area contributed by atoms with Crippen LogP contribution in [-0.4, -0.2) is 22.9 Å². The molecule has 0 saturated heterocycles. The van der Waals surface area contributed by atoms with Gasteiger partial charge in [0.25, 0.3) is 0 Å². The molecule has 0 aliphatic carbocycles. The van der Waals surface area contributed by atoms with Gasteiger partial charge in [-0.2, -0.15) is 5.26 Å². The van der Waals surface area contributed by atoms with E-state index in [9.17, 15) is 14.9 Å². The number of hydrogen-bond donors (Lipinski definition) is 0. The number of allylic oxidation sites excluding steroid dienone is 1. The highest BCUT2D eigenvalue weighted by molar-refractivity contribution is 5.96. The molecule has 2 aromatic carbocycles. The van der Waals surface area contributed by atoms with Crippen molar-refractivity contribution in [1.29, 1.82) is 5.26 Å². The number of hydrogen-bond acceptors (Lipinski definition) is 4. The molecule has 1 unspecified atom stereocenters. The van der Waals surface area contributed by atoms with Crippen molar-refractivity contribution in [3.63, 3.8) is 0 Å². The van der Waals surface area contributed by atoms with Crippen LogP contribution in [0.4, 0.5) is 0 Å². The molecule has 1 aliphatic rings. The summed E-state index contributed by atoms with van der Waals surface area (Å²) >= 11 is 0. The van der Waals surface area contributed by atoms with E-state index in [-0.39, 0.29) is 30.9 Å². The highest BCUT2D eigenvalue weighted by atomic mass is 16.5. The van der Waals surface area contributed by atoms with Crippen molar-refractivity contribution in [3.05, 3.63) is 82.6 Å². The Kier molecular flexibility index (Phi) is 6.13. The van der Waals surface area contributed by atoms with Crippen LogP contribution in [0.15, 0.2) is 65.9 Å². The Morgan fingerprint density at radius 3 is 2.48 bits per heavy atom. The average molecular weight is 388 g/mol. The van der Waals surface area contributed by atoms with Crippen LogP contribution in [0.3, 0.4) is 0 Å². The summed E-state index contributed by atoms with van der Waals surface area (Å²) in [4.78, 5) is 27.6. The Hall–Kier alpha value is -3.39. The fourth-order valence-electron chi connectivity index (χ4n) is 3.65. The molecular weight excluding hydrogens is 364 g/mol. The SMILES string of the molecule is CC1=C(C(=O)OC(C)C)C(c2ccccc2)CC(=O)N1Cc1ccccc1C#N. The molecule has 1 aliphatic heterocycles. The zero-order valence-electron chi connectivity index (χ0n) is 16.9. The third-order valence-corrected chi connectivity index (χ3v) is 5.05. The van der Waals surface area contributed by atoms with Crippen LogP contribution in [0, 0.1) is 11.3 Å². The van der Waals surface area contributed by atoms with Gasteiger partial charge in [0.2, 0.25) is 5.91 Å². The Labute approximate surface area is 171 Å². The quantitative estimate of drug-likeness (QED) is 0.716. The number of ether oxygens (including phenoxy) is 1. The summed E-state index contributed by atoms with van der Waals surface area (Å²) in [5.74, 6) is -0.833. The maximum absolute atomic E-state index is 13.0. The van der Waals surface area contributed by atoms with E-state index in [2.05, 4.69) is 6.07 Å². The number of benzene rings is 2. The third kappa shape index (κ3) is 4.38. The molecule has 148 valence electrons. The van der Waals surface area contributed by atoms with Crippen molar-refractivity contribution >= 4 is 11.9 Å². The molecule has 0 aromatic heterocycles. The number of carbonyl (C=O) groups excluding carboxylic acids is 2. The van der Waals surface area contributed by atoms with E-state index < -0.39 is 5.97 Å². The number of nitriles is 1. The highest BCUT2D eigenvalue weighted by Crippen LogP contribution is 2.38. The summed E-state index contributed by atoms with van der Waals surface area (Å²) in [6, 6.07) is 18.9. The average Bonchev–Trinajstić information content (AvgIpc) is 2.71. The van der Waals surface area contributed by atoms with Crippen LogP contribution in [0.2, 0.25) is 0 Å². The van der Waals surface area contributed by atoms with E-state index in [0.717, 1.165) is 11.1 Å². The summed E-state index contributed by atoms with van der Waals surface area (Å²) in [7, 11) is 0. The smallest absolute Gasteiger partial charge is 0.336 e. The normalized spacial score (nSPS) is 16.7. The van der Waals surface area contributed by atoms with Crippen LogP contribution >= 0.6 is 0 Å². The first-order valence-electron chi connectivity index (χ1n) is 9.67. The van der Waals surface area contributed by atoms with Gasteiger partial charge in [0.15, 0.2) is 0 Å². The predicted octanol–water partition coefficient (Wildman–Crippen LogP) is 4.30. The monoisotopic (exact) mass is 388 g/mol. The van der Waals surface area contributed by atoms with E-state index >= 15 is 0 Å². The van der Waals surface area contributed by atoms with Gasteiger partial charge in [0.05, 0.1) is 29.9 Å². The fourth-order valence-corrected chi connectivity index (χ4v) is 3.65. The van der Waals surface area contributed by atoms with Gasteiger partial charge in [-0.15, -0.1) is 0 Å². The second-order valence-corrected chi connectivity index (χ2v) is 7.37. The maximum atomic E-state index is 13.0. The molecule has 3 rings (SSSR count). The first-order chi connectivity index (χ1) is 13.9. The van der Waals surface area contributed by atoms with Crippen LogP contribution in [-0.2, 0) is 20.9 Å². The lowest BCUT2D eigenvalue weighted by Crippen LogP contribution is -2.38. The Morgan fingerprint density at radius 2 is 1.83 bits per heavy atom. The van der Waals surface area contributed by atoms with E-state index in [1.807, 2.05) is 42.5 Å². The second kappa shape index (κ2) is 8.74. The molecule has 2 aromatic rings. The summed E-state index contributed by atoms with van der Waals surface area (Å²) in [6.07, 6.45) is -0.0804. The van der Waals surface area contributed by atoms with Crippen molar-refractivity contribution in [2.75, 3.05) is 0 Å². The van der Waals surface area contributed by atoms with Gasteiger partial charge >= 0.3 is 5.97 Å². The largest absolute Gasteiger partial charge is 0.460 e. The summed E-state index contributed by atoms with van der Waals surface area (Å²) in [5, 5.41) is 9.37. The third-order valence-electron chi connectivity index (χ3n) is 5.05. The van der Waals surface area contributed by atoms with Crippen LogP contribution in [0.25, 0.3) is 0 Å². The van der Waals surface area contributed by atoms with Gasteiger partial charge in [0.1, 0.15) is 0 Å². The van der Waals surface area contributed by atoms with Gasteiger partial charge in [-0.25, -0.2) is 4.79 Å². The van der Waals surface area contributed by atoms with Gasteiger partial charge in [-0.1, -0.05) is 48.5 Å². The number of rotatable bonds is 5. The second-order valence-electron chi connectivity index (χ2n) is 7.37. The molecular formula is C24H24N2O3. The van der Waals surface area contributed by atoms with E-state index in [4.69, 9.17) is 4.74 Å². The Balaban J connectivity index is 2.05. The lowest BCUT2D eigenvalue weighted by molar-refractivity contribution is -0.143. The topological polar surface area (TPSA) is 70.4 Å². The molecule has 1 atom stereocenters. The van der Waals surface area contributed by atoms with Crippen LogP contribution in [0.1, 0.15) is 49.8 Å². The molecule has 0 N–H and O–H groups in total. The van der Waals surface area contributed by atoms with Crippen molar-refractivity contribution in [1.82, 2.24) is 4.90 Å². The zero-order valence-corrected chi connectivity index (χ0v) is 16.9. The number of carbonyl (C=O) groups is 2. The van der Waals surface area contributed by atoms with Crippen molar-refractivity contribution in [3.8, 4) is 6.07 Å². The lowest BCUT2D eigenvalue weighted by Gasteiger charge is -2.35. The Morgan fingerprint density at radius 1 is 1.17 bits per heavy atom. The summed E-state index contributed by atoms with van der Waals surface area (Å²) in [5.41, 5.74) is 3.25. The minimum Gasteiger partial charge on any atom is -0.460 e. The molecule has 5 nitrogen and oxygen atoms in total. The van der Waals surface area contributed by atoms with Gasteiger partial charge in [0, 0.05) is 18.0 Å². The fraction of sp³-hybridized carbons (Fsp3) is 0.292. The molecule has 0 fully saturated rings. The summed E-state index contributed by atoms with van der Waals surface area (Å²) < 4.78 is 5.50. The molecule has 29 heavy (non-hydrogen) atoms. The number of esters is 1. The lowest BCUT2D eigenvalue weighted by atomic mass is 9.83. The molecule has 0 bridgehead atoms. The van der Waals surface area contributed by atoms with E-state index in [0.29, 0.717) is 16.8 Å². The van der Waals surface area contributed by atoms with E-state index in [1.165, 1.54) is 0 Å². The predicted molar refractivity (Wildman–Crippen MR) is 109 cm³/mol. The van der Waals surface area contributed by atoms with E-state index in [1.54, 1.807) is 37.8 Å². The minimum absolute atomic E-state index is 0.0785. The first kappa shape index (κ1) is 20.3. The molecule has 5 heteroatoms. The summed E-state index contributed by atoms with van der Waals surface area (Å²) in [6.45, 7) is 5.63. The molecule has 0 saturated carbocycles. The van der Waals surface area contributed by atoms with Crippen molar-refractivity contribution in [2.24, 2.45) is 0 Å². The van der Waals surface area contributed by atoms with Crippen LogP contribution in [0.5, 0.6) is 0 Å².